The molecule has 0 radical (unpaired) electrons. The van der Waals surface area contributed by atoms with Gasteiger partial charge in [-0.2, -0.15) is 0 Å². The summed E-state index contributed by atoms with van der Waals surface area (Å²) in [5.41, 5.74) is 15.4. The smallest absolute Gasteiger partial charge is 0.160 e. The van der Waals surface area contributed by atoms with Gasteiger partial charge in [0.15, 0.2) is 5.82 Å². The maximum absolute atomic E-state index is 6.13. The number of hydrogen-bond acceptors (Lipinski definition) is 3. The summed E-state index contributed by atoms with van der Waals surface area (Å²) in [4.78, 5) is 10.6. The third-order valence-corrected chi connectivity index (χ3v) is 12.5. The normalized spacial score (nSPS) is 11.8. The molecule has 0 unspecified atom stereocenters. The van der Waals surface area contributed by atoms with Gasteiger partial charge in [0.2, 0.25) is 0 Å². The van der Waals surface area contributed by atoms with Crippen molar-refractivity contribution in [3.8, 4) is 56.4 Å². The highest BCUT2D eigenvalue weighted by molar-refractivity contribution is 6.11. The van der Waals surface area contributed by atoms with E-state index in [2.05, 4.69) is 197 Å². The van der Waals surface area contributed by atoms with E-state index in [0.717, 1.165) is 94.6 Å². The van der Waals surface area contributed by atoms with Crippen molar-refractivity contribution in [2.24, 2.45) is 0 Å². The molecule has 4 heterocycles. The number of furan rings is 1. The van der Waals surface area contributed by atoms with E-state index in [0.29, 0.717) is 5.82 Å². The SMILES string of the molecule is c1ccc(-c2nc(-c3ccc(-c4ccc5oc6ccccc6c5c4)cc3)cc(-c3cc(-n4c5ccccc5c5ccccc54)cc(-n4c5ccccc5c5ccccc54)c3)n2)cc1. The Balaban J connectivity index is 1.02. The Bertz CT molecular complexity index is 3670. The highest BCUT2D eigenvalue weighted by Gasteiger charge is 2.19. The molecule has 5 heteroatoms. The van der Waals surface area contributed by atoms with Crippen LogP contribution in [-0.4, -0.2) is 19.1 Å². The fraction of sp³-hybridized carbons (Fsp3) is 0. The van der Waals surface area contributed by atoms with Crippen LogP contribution in [0.15, 0.2) is 223 Å². The van der Waals surface area contributed by atoms with Gasteiger partial charge in [-0.1, -0.05) is 152 Å². The predicted molar refractivity (Wildman–Crippen MR) is 260 cm³/mol. The van der Waals surface area contributed by atoms with E-state index in [4.69, 9.17) is 14.4 Å². The molecular formula is C58H36N4O. The molecule has 0 N–H and O–H groups in total. The lowest BCUT2D eigenvalue weighted by Gasteiger charge is -2.16. The highest BCUT2D eigenvalue weighted by Crippen LogP contribution is 2.39. The third kappa shape index (κ3) is 5.71. The zero-order chi connectivity index (χ0) is 41.4. The molecule has 4 aromatic heterocycles. The zero-order valence-corrected chi connectivity index (χ0v) is 34.0. The number of benzene rings is 9. The number of nitrogens with zero attached hydrogens (tertiary/aromatic N) is 4. The minimum atomic E-state index is 0.671. The molecule has 0 bridgehead atoms. The maximum Gasteiger partial charge on any atom is 0.160 e. The molecular weight excluding hydrogens is 769 g/mol. The second-order valence-corrected chi connectivity index (χ2v) is 16.2. The first-order chi connectivity index (χ1) is 31.2. The summed E-state index contributed by atoms with van der Waals surface area (Å²) in [6.07, 6.45) is 0. The summed E-state index contributed by atoms with van der Waals surface area (Å²) in [7, 11) is 0. The van der Waals surface area contributed by atoms with E-state index in [1.165, 1.54) is 21.5 Å². The molecule has 0 aliphatic carbocycles. The van der Waals surface area contributed by atoms with Crippen molar-refractivity contribution in [2.75, 3.05) is 0 Å². The van der Waals surface area contributed by atoms with E-state index >= 15 is 0 Å². The highest BCUT2D eigenvalue weighted by atomic mass is 16.3. The lowest BCUT2D eigenvalue weighted by molar-refractivity contribution is 0.669. The van der Waals surface area contributed by atoms with Gasteiger partial charge in [-0.25, -0.2) is 9.97 Å². The molecule has 0 aliphatic rings. The number of para-hydroxylation sites is 5. The van der Waals surface area contributed by atoms with Crippen LogP contribution in [-0.2, 0) is 0 Å². The molecule has 0 saturated carbocycles. The molecule has 0 fully saturated rings. The minimum Gasteiger partial charge on any atom is -0.456 e. The Hall–Kier alpha value is -8.54. The Morgan fingerprint density at radius 3 is 1.30 bits per heavy atom. The van der Waals surface area contributed by atoms with Crippen LogP contribution < -0.4 is 0 Å². The molecule has 13 aromatic rings. The van der Waals surface area contributed by atoms with Crippen LogP contribution in [0.4, 0.5) is 0 Å². The maximum atomic E-state index is 6.13. The van der Waals surface area contributed by atoms with Crippen molar-refractivity contribution in [3.63, 3.8) is 0 Å². The molecule has 63 heavy (non-hydrogen) atoms. The van der Waals surface area contributed by atoms with Crippen molar-refractivity contribution in [1.29, 1.82) is 0 Å². The van der Waals surface area contributed by atoms with E-state index in [9.17, 15) is 0 Å². The van der Waals surface area contributed by atoms with E-state index in [1.54, 1.807) is 0 Å². The molecule has 294 valence electrons. The van der Waals surface area contributed by atoms with Crippen molar-refractivity contribution < 1.29 is 4.42 Å². The molecule has 0 amide bonds. The van der Waals surface area contributed by atoms with E-state index in [-0.39, 0.29) is 0 Å². The van der Waals surface area contributed by atoms with E-state index < -0.39 is 0 Å². The van der Waals surface area contributed by atoms with Crippen LogP contribution in [0.5, 0.6) is 0 Å². The Kier molecular flexibility index (Phi) is 7.84. The standard InChI is InChI=1S/C58H36N4O/c1-2-14-39(15-3-1)58-59-50(38-28-26-37(27-29-38)40-30-31-57-49(34-40)48-20-8-13-25-56(48)63-57)36-51(60-58)41-32-42(61-52-21-9-4-16-44(52)45-17-5-10-22-53(45)61)35-43(33-41)62-54-23-11-6-18-46(54)47-19-7-12-24-55(47)62/h1-36H. The zero-order valence-electron chi connectivity index (χ0n) is 34.0. The monoisotopic (exact) mass is 804 g/mol. The van der Waals surface area contributed by atoms with Crippen LogP contribution in [0.1, 0.15) is 0 Å². The Morgan fingerprint density at radius 2 is 0.730 bits per heavy atom. The number of fused-ring (bicyclic) bond motifs is 9. The van der Waals surface area contributed by atoms with Gasteiger partial charge in [-0.05, 0) is 77.9 Å². The second kappa shape index (κ2) is 14.0. The largest absolute Gasteiger partial charge is 0.456 e. The van der Waals surface area contributed by atoms with Crippen molar-refractivity contribution >= 4 is 65.6 Å². The summed E-state index contributed by atoms with van der Waals surface area (Å²) in [6.45, 7) is 0. The number of hydrogen-bond donors (Lipinski definition) is 0. The topological polar surface area (TPSA) is 48.8 Å². The summed E-state index contributed by atoms with van der Waals surface area (Å²) in [5.74, 6) is 0.671. The molecule has 13 rings (SSSR count). The van der Waals surface area contributed by atoms with Gasteiger partial charge in [0, 0.05) is 60.4 Å². The lowest BCUT2D eigenvalue weighted by Crippen LogP contribution is -2.01. The molecule has 5 nitrogen and oxygen atoms in total. The number of aromatic nitrogens is 4. The molecule has 9 aromatic carbocycles. The summed E-state index contributed by atoms with van der Waals surface area (Å²) in [5, 5.41) is 7.10. The van der Waals surface area contributed by atoms with Gasteiger partial charge in [0.1, 0.15) is 11.2 Å². The van der Waals surface area contributed by atoms with Crippen molar-refractivity contribution in [3.05, 3.63) is 218 Å². The summed E-state index contributed by atoms with van der Waals surface area (Å²) >= 11 is 0. The first kappa shape index (κ1) is 35.2. The Morgan fingerprint density at radius 1 is 0.286 bits per heavy atom. The average molecular weight is 805 g/mol. The second-order valence-electron chi connectivity index (χ2n) is 16.2. The van der Waals surface area contributed by atoms with Gasteiger partial charge >= 0.3 is 0 Å². The fourth-order valence-corrected chi connectivity index (χ4v) is 9.60. The first-order valence-corrected chi connectivity index (χ1v) is 21.3. The fourth-order valence-electron chi connectivity index (χ4n) is 9.60. The molecule has 0 saturated heterocycles. The van der Waals surface area contributed by atoms with Crippen molar-refractivity contribution in [1.82, 2.24) is 19.1 Å². The number of rotatable bonds is 6. The van der Waals surface area contributed by atoms with Crippen LogP contribution >= 0.6 is 0 Å². The molecule has 0 aliphatic heterocycles. The lowest BCUT2D eigenvalue weighted by atomic mass is 10.00. The van der Waals surface area contributed by atoms with Crippen LogP contribution in [0, 0.1) is 0 Å². The molecule has 0 atom stereocenters. The van der Waals surface area contributed by atoms with Crippen LogP contribution in [0.2, 0.25) is 0 Å². The molecule has 0 spiro atoms. The Labute approximate surface area is 362 Å². The summed E-state index contributed by atoms with van der Waals surface area (Å²) < 4.78 is 10.9. The van der Waals surface area contributed by atoms with Crippen LogP contribution in [0.3, 0.4) is 0 Å². The third-order valence-electron chi connectivity index (χ3n) is 12.5. The van der Waals surface area contributed by atoms with Gasteiger partial charge < -0.3 is 13.6 Å². The van der Waals surface area contributed by atoms with Gasteiger partial charge in [0.05, 0.1) is 33.5 Å². The summed E-state index contributed by atoms with van der Waals surface area (Å²) in [6, 6.07) is 77.5. The van der Waals surface area contributed by atoms with Gasteiger partial charge in [0.25, 0.3) is 0 Å². The van der Waals surface area contributed by atoms with Gasteiger partial charge in [-0.15, -0.1) is 0 Å². The predicted octanol–water partition coefficient (Wildman–Crippen LogP) is 15.2. The average Bonchev–Trinajstić information content (AvgIpc) is 4.02. The van der Waals surface area contributed by atoms with Crippen molar-refractivity contribution in [2.45, 2.75) is 0 Å². The first-order valence-electron chi connectivity index (χ1n) is 21.3. The minimum absolute atomic E-state index is 0.671. The van der Waals surface area contributed by atoms with E-state index in [1.807, 2.05) is 30.3 Å². The van der Waals surface area contributed by atoms with Crippen LogP contribution in [0.25, 0.3) is 122 Å². The van der Waals surface area contributed by atoms with Gasteiger partial charge in [-0.3, -0.25) is 0 Å². The quantitative estimate of drug-likeness (QED) is 0.168.